The fourth-order valence-corrected chi connectivity index (χ4v) is 2.81. The molecule has 1 saturated heterocycles. The van der Waals surface area contributed by atoms with Gasteiger partial charge in [-0.1, -0.05) is 0 Å². The van der Waals surface area contributed by atoms with Crippen LogP contribution in [0.1, 0.15) is 17.2 Å². The SMILES string of the molecule is Cc1cc2c(cc1C(N)C1CN(C)CCN1)OCO2. The summed E-state index contributed by atoms with van der Waals surface area (Å²) in [6.45, 7) is 5.40. The van der Waals surface area contributed by atoms with Crippen LogP contribution in [0.2, 0.25) is 0 Å². The summed E-state index contributed by atoms with van der Waals surface area (Å²) in [4.78, 5) is 2.31. The molecule has 2 unspecified atom stereocenters. The second kappa shape index (κ2) is 5.00. The summed E-state index contributed by atoms with van der Waals surface area (Å²) in [5.74, 6) is 1.63. The van der Waals surface area contributed by atoms with E-state index in [9.17, 15) is 0 Å². The van der Waals surface area contributed by atoms with Gasteiger partial charge in [0.05, 0.1) is 0 Å². The molecule has 0 bridgehead atoms. The van der Waals surface area contributed by atoms with Crippen LogP contribution in [0.3, 0.4) is 0 Å². The average Bonchev–Trinajstić information content (AvgIpc) is 2.84. The largest absolute Gasteiger partial charge is 0.454 e. The Bertz CT molecular complexity index is 478. The number of fused-ring (bicyclic) bond motifs is 1. The van der Waals surface area contributed by atoms with Crippen molar-refractivity contribution >= 4 is 0 Å². The first-order valence-corrected chi connectivity index (χ1v) is 6.73. The second-order valence-electron chi connectivity index (χ2n) is 5.41. The van der Waals surface area contributed by atoms with Crippen molar-refractivity contribution in [1.82, 2.24) is 10.2 Å². The molecule has 2 aliphatic heterocycles. The van der Waals surface area contributed by atoms with E-state index in [0.29, 0.717) is 6.79 Å². The fraction of sp³-hybridized carbons (Fsp3) is 0.571. The second-order valence-corrected chi connectivity index (χ2v) is 5.41. The standard InChI is InChI=1S/C14H21N3O2/c1-9-5-12-13(19-8-18-12)6-10(9)14(15)11-7-17(2)4-3-16-11/h5-6,11,14,16H,3-4,7-8,15H2,1-2H3. The Morgan fingerprint density at radius 2 is 2.11 bits per heavy atom. The molecule has 19 heavy (non-hydrogen) atoms. The minimum absolute atomic E-state index is 0.0303. The van der Waals surface area contributed by atoms with Crippen LogP contribution in [-0.2, 0) is 0 Å². The predicted molar refractivity (Wildman–Crippen MR) is 73.5 cm³/mol. The van der Waals surface area contributed by atoms with Crippen molar-refractivity contribution in [3.63, 3.8) is 0 Å². The number of rotatable bonds is 2. The molecule has 0 aromatic heterocycles. The van der Waals surface area contributed by atoms with E-state index >= 15 is 0 Å². The fourth-order valence-electron chi connectivity index (χ4n) is 2.81. The molecule has 0 radical (unpaired) electrons. The van der Waals surface area contributed by atoms with Crippen molar-refractivity contribution in [2.75, 3.05) is 33.5 Å². The van der Waals surface area contributed by atoms with Gasteiger partial charge in [0.25, 0.3) is 0 Å². The van der Waals surface area contributed by atoms with Crippen molar-refractivity contribution in [3.05, 3.63) is 23.3 Å². The van der Waals surface area contributed by atoms with Crippen molar-refractivity contribution in [1.29, 1.82) is 0 Å². The maximum atomic E-state index is 6.44. The summed E-state index contributed by atoms with van der Waals surface area (Å²) in [6.07, 6.45) is 0. The van der Waals surface area contributed by atoms with Crippen LogP contribution in [-0.4, -0.2) is 44.4 Å². The van der Waals surface area contributed by atoms with Crippen LogP contribution in [0, 0.1) is 6.92 Å². The van der Waals surface area contributed by atoms with Gasteiger partial charge in [-0.2, -0.15) is 0 Å². The number of piperazine rings is 1. The van der Waals surface area contributed by atoms with Crippen LogP contribution in [0.25, 0.3) is 0 Å². The smallest absolute Gasteiger partial charge is 0.231 e. The van der Waals surface area contributed by atoms with Crippen LogP contribution in [0.4, 0.5) is 0 Å². The van der Waals surface area contributed by atoms with Gasteiger partial charge >= 0.3 is 0 Å². The Labute approximate surface area is 113 Å². The average molecular weight is 263 g/mol. The Balaban J connectivity index is 1.85. The third kappa shape index (κ3) is 2.41. The van der Waals surface area contributed by atoms with Gasteiger partial charge in [-0.3, -0.25) is 0 Å². The highest BCUT2D eigenvalue weighted by Gasteiger charge is 2.26. The van der Waals surface area contributed by atoms with Gasteiger partial charge in [0.1, 0.15) is 0 Å². The zero-order valence-corrected chi connectivity index (χ0v) is 11.5. The highest BCUT2D eigenvalue weighted by Crippen LogP contribution is 2.36. The van der Waals surface area contributed by atoms with Crippen LogP contribution in [0.15, 0.2) is 12.1 Å². The van der Waals surface area contributed by atoms with Gasteiger partial charge in [0, 0.05) is 31.7 Å². The molecule has 2 atom stereocenters. The molecular weight excluding hydrogens is 242 g/mol. The molecule has 1 aromatic rings. The number of nitrogens with two attached hydrogens (primary N) is 1. The van der Waals surface area contributed by atoms with Gasteiger partial charge in [-0.15, -0.1) is 0 Å². The molecule has 1 fully saturated rings. The van der Waals surface area contributed by atoms with Gasteiger partial charge in [0.15, 0.2) is 11.5 Å². The molecule has 3 N–H and O–H groups in total. The minimum atomic E-state index is -0.0303. The van der Waals surface area contributed by atoms with E-state index < -0.39 is 0 Å². The summed E-state index contributed by atoms with van der Waals surface area (Å²) in [5, 5.41) is 3.50. The molecular formula is C14H21N3O2. The van der Waals surface area contributed by atoms with Crippen LogP contribution in [0.5, 0.6) is 11.5 Å². The van der Waals surface area contributed by atoms with E-state index in [4.69, 9.17) is 15.2 Å². The zero-order valence-electron chi connectivity index (χ0n) is 11.5. The van der Waals surface area contributed by atoms with E-state index in [-0.39, 0.29) is 12.1 Å². The van der Waals surface area contributed by atoms with E-state index in [1.54, 1.807) is 0 Å². The number of benzene rings is 1. The highest BCUT2D eigenvalue weighted by atomic mass is 16.7. The maximum Gasteiger partial charge on any atom is 0.231 e. The molecule has 2 heterocycles. The number of nitrogens with zero attached hydrogens (tertiary/aromatic N) is 1. The first kappa shape index (κ1) is 12.7. The summed E-state index contributed by atoms with van der Waals surface area (Å²) >= 11 is 0. The summed E-state index contributed by atoms with van der Waals surface area (Å²) in [6, 6.07) is 4.29. The lowest BCUT2D eigenvalue weighted by molar-refractivity contribution is 0.174. The topological polar surface area (TPSA) is 59.8 Å². The van der Waals surface area contributed by atoms with Gasteiger partial charge in [0.2, 0.25) is 6.79 Å². The third-order valence-corrected chi connectivity index (χ3v) is 3.96. The first-order chi connectivity index (χ1) is 9.15. The number of likely N-dealkylation sites (N-methyl/N-ethyl adjacent to an activating group) is 1. The normalized spacial score (nSPS) is 24.5. The van der Waals surface area contributed by atoms with Crippen molar-refractivity contribution in [2.45, 2.75) is 19.0 Å². The van der Waals surface area contributed by atoms with Crippen LogP contribution < -0.4 is 20.5 Å². The Morgan fingerprint density at radius 3 is 2.84 bits per heavy atom. The number of ether oxygens (including phenoxy) is 2. The molecule has 1 aromatic carbocycles. The number of hydrogen-bond acceptors (Lipinski definition) is 5. The summed E-state index contributed by atoms with van der Waals surface area (Å²) < 4.78 is 10.8. The molecule has 5 heteroatoms. The van der Waals surface area contributed by atoms with Crippen molar-refractivity contribution in [3.8, 4) is 11.5 Å². The number of aryl methyl sites for hydroxylation is 1. The van der Waals surface area contributed by atoms with Crippen LogP contribution >= 0.6 is 0 Å². The highest BCUT2D eigenvalue weighted by molar-refractivity contribution is 5.49. The zero-order chi connectivity index (χ0) is 13.4. The molecule has 2 aliphatic rings. The molecule has 3 rings (SSSR count). The predicted octanol–water partition coefficient (Wildman–Crippen LogP) is 0.627. The Hall–Kier alpha value is -1.30. The van der Waals surface area contributed by atoms with E-state index in [2.05, 4.69) is 24.2 Å². The molecule has 0 saturated carbocycles. The maximum absolute atomic E-state index is 6.44. The Morgan fingerprint density at radius 1 is 1.37 bits per heavy atom. The molecule has 0 aliphatic carbocycles. The third-order valence-electron chi connectivity index (χ3n) is 3.96. The van der Waals surface area contributed by atoms with E-state index in [0.717, 1.165) is 42.3 Å². The quantitative estimate of drug-likeness (QED) is 0.819. The first-order valence-electron chi connectivity index (χ1n) is 6.73. The lowest BCUT2D eigenvalue weighted by Gasteiger charge is -2.35. The lowest BCUT2D eigenvalue weighted by Crippen LogP contribution is -2.53. The van der Waals surface area contributed by atoms with Crippen molar-refractivity contribution < 1.29 is 9.47 Å². The Kier molecular flexibility index (Phi) is 3.35. The molecule has 104 valence electrons. The van der Waals surface area contributed by atoms with E-state index in [1.807, 2.05) is 12.1 Å². The minimum Gasteiger partial charge on any atom is -0.454 e. The van der Waals surface area contributed by atoms with Crippen molar-refractivity contribution in [2.24, 2.45) is 5.73 Å². The number of hydrogen-bond donors (Lipinski definition) is 2. The van der Waals surface area contributed by atoms with Gasteiger partial charge in [-0.25, -0.2) is 0 Å². The number of nitrogens with one attached hydrogen (secondary N) is 1. The summed E-state index contributed by atoms with van der Waals surface area (Å²) in [7, 11) is 2.13. The summed E-state index contributed by atoms with van der Waals surface area (Å²) in [5.41, 5.74) is 8.74. The van der Waals surface area contributed by atoms with Gasteiger partial charge < -0.3 is 25.4 Å². The lowest BCUT2D eigenvalue weighted by atomic mass is 9.94. The molecule has 0 spiro atoms. The monoisotopic (exact) mass is 263 g/mol. The molecule has 5 nitrogen and oxygen atoms in total. The van der Waals surface area contributed by atoms with E-state index in [1.165, 1.54) is 0 Å². The molecule has 0 amide bonds. The van der Waals surface area contributed by atoms with Gasteiger partial charge in [-0.05, 0) is 37.2 Å².